The van der Waals surface area contributed by atoms with Crippen molar-refractivity contribution in [1.29, 1.82) is 0 Å². The number of nitrogens with zero attached hydrogens (tertiary/aromatic N) is 1. The predicted octanol–water partition coefficient (Wildman–Crippen LogP) is 5.21. The number of anilines is 1. The molecule has 0 unspecified atom stereocenters. The number of aryl methyl sites for hydroxylation is 1. The van der Waals surface area contributed by atoms with E-state index in [0.29, 0.717) is 18.7 Å². The van der Waals surface area contributed by atoms with Gasteiger partial charge < -0.3 is 14.4 Å². The maximum atomic E-state index is 12.8. The van der Waals surface area contributed by atoms with E-state index in [2.05, 4.69) is 55.5 Å². The van der Waals surface area contributed by atoms with Gasteiger partial charge in [0.05, 0.1) is 17.5 Å². The molecule has 0 saturated carbocycles. The Labute approximate surface area is 205 Å². The summed E-state index contributed by atoms with van der Waals surface area (Å²) in [5.74, 6) is 1.11. The first-order valence-electron chi connectivity index (χ1n) is 11.4. The summed E-state index contributed by atoms with van der Waals surface area (Å²) < 4.78 is 10.3. The van der Waals surface area contributed by atoms with Crippen molar-refractivity contribution in [1.82, 2.24) is 0 Å². The fourth-order valence-corrected chi connectivity index (χ4v) is 5.55. The quantitative estimate of drug-likeness (QED) is 0.398. The van der Waals surface area contributed by atoms with Crippen LogP contribution >= 0.6 is 11.8 Å². The second-order valence-corrected chi connectivity index (χ2v) is 9.80. The molecule has 0 saturated heterocycles. The summed E-state index contributed by atoms with van der Waals surface area (Å²) in [6, 6.07) is 26.7. The number of benzene rings is 3. The van der Waals surface area contributed by atoms with Crippen molar-refractivity contribution in [2.24, 2.45) is 0 Å². The number of hydrogen-bond donors (Lipinski definition) is 0. The van der Waals surface area contributed by atoms with Crippen molar-refractivity contribution < 1.29 is 19.1 Å². The number of para-hydroxylation sites is 1. The van der Waals surface area contributed by atoms with E-state index in [1.54, 1.807) is 0 Å². The molecule has 1 heterocycles. The number of fused-ring (bicyclic) bond motifs is 1. The average molecular weight is 476 g/mol. The zero-order chi connectivity index (χ0) is 24.0. The minimum atomic E-state index is -0.265. The molecule has 6 heteroatoms. The summed E-state index contributed by atoms with van der Waals surface area (Å²) in [6.07, 6.45) is 0.777. The van der Waals surface area contributed by atoms with Crippen LogP contribution in [-0.2, 0) is 25.5 Å². The molecule has 3 aromatic carbocycles. The van der Waals surface area contributed by atoms with Crippen molar-refractivity contribution in [3.63, 3.8) is 0 Å². The van der Waals surface area contributed by atoms with E-state index in [0.717, 1.165) is 17.0 Å². The standard InChI is InChI=1S/C28H29NO4S/c1-28(22-11-5-3-6-12-22,23-13-7-4-8-14-23)34-19-18-29-24-15-9-10-21(16-17-26(31)32-2)27(24)33-20-25(29)30/h3-15H,16-20H2,1-2H3. The molecule has 0 bridgehead atoms. The van der Waals surface area contributed by atoms with Gasteiger partial charge >= 0.3 is 5.97 Å². The first-order chi connectivity index (χ1) is 16.5. The van der Waals surface area contributed by atoms with Crippen LogP contribution in [0.3, 0.4) is 0 Å². The van der Waals surface area contributed by atoms with Crippen molar-refractivity contribution >= 4 is 29.3 Å². The van der Waals surface area contributed by atoms with Crippen molar-refractivity contribution in [2.45, 2.75) is 24.5 Å². The Balaban J connectivity index is 1.53. The van der Waals surface area contributed by atoms with Crippen molar-refractivity contribution in [3.05, 3.63) is 95.6 Å². The Morgan fingerprint density at radius 2 is 1.65 bits per heavy atom. The van der Waals surface area contributed by atoms with Crippen molar-refractivity contribution in [2.75, 3.05) is 30.9 Å². The van der Waals surface area contributed by atoms with Crippen LogP contribution in [0, 0.1) is 0 Å². The molecule has 0 atom stereocenters. The van der Waals surface area contributed by atoms with Crippen LogP contribution in [0.4, 0.5) is 5.69 Å². The van der Waals surface area contributed by atoms with E-state index in [1.807, 2.05) is 47.0 Å². The van der Waals surface area contributed by atoms with Gasteiger partial charge in [0.15, 0.2) is 6.61 Å². The molecule has 1 aliphatic rings. The molecular weight excluding hydrogens is 446 g/mol. The molecule has 0 N–H and O–H groups in total. The minimum Gasteiger partial charge on any atom is -0.481 e. The van der Waals surface area contributed by atoms with Crippen LogP contribution in [0.15, 0.2) is 78.9 Å². The van der Waals surface area contributed by atoms with Gasteiger partial charge in [-0.15, -0.1) is 11.8 Å². The molecule has 0 fully saturated rings. The molecule has 0 radical (unpaired) electrons. The second-order valence-electron chi connectivity index (χ2n) is 8.29. The molecule has 1 amide bonds. The highest BCUT2D eigenvalue weighted by Gasteiger charge is 2.31. The van der Waals surface area contributed by atoms with E-state index in [9.17, 15) is 9.59 Å². The Morgan fingerprint density at radius 1 is 1.00 bits per heavy atom. The van der Waals surface area contributed by atoms with Crippen LogP contribution in [-0.4, -0.2) is 37.9 Å². The van der Waals surface area contributed by atoms with Crippen LogP contribution in [0.2, 0.25) is 0 Å². The van der Waals surface area contributed by atoms with Gasteiger partial charge in [0.25, 0.3) is 5.91 Å². The molecule has 1 aliphatic heterocycles. The first-order valence-corrected chi connectivity index (χ1v) is 12.4. The molecule has 3 aromatic rings. The van der Waals surface area contributed by atoms with Gasteiger partial charge in [-0.2, -0.15) is 0 Å². The SMILES string of the molecule is COC(=O)CCc1cccc2c1OCC(=O)N2CCSC(C)(c1ccccc1)c1ccccc1. The number of thioether (sulfide) groups is 1. The van der Waals surface area contributed by atoms with Gasteiger partial charge in [0, 0.05) is 18.7 Å². The largest absolute Gasteiger partial charge is 0.481 e. The lowest BCUT2D eigenvalue weighted by Gasteiger charge is -2.34. The second kappa shape index (κ2) is 10.8. The zero-order valence-corrected chi connectivity index (χ0v) is 20.3. The number of amides is 1. The van der Waals surface area contributed by atoms with E-state index in [1.165, 1.54) is 18.2 Å². The van der Waals surface area contributed by atoms with Gasteiger partial charge in [-0.1, -0.05) is 72.8 Å². The Hall–Kier alpha value is -3.25. The molecule has 34 heavy (non-hydrogen) atoms. The fraction of sp³-hybridized carbons (Fsp3) is 0.286. The zero-order valence-electron chi connectivity index (χ0n) is 19.5. The lowest BCUT2D eigenvalue weighted by Crippen LogP contribution is -2.40. The Bertz CT molecular complexity index is 1090. The molecule has 0 spiro atoms. The number of rotatable bonds is 9. The summed E-state index contributed by atoms with van der Waals surface area (Å²) in [5.41, 5.74) is 4.13. The monoisotopic (exact) mass is 475 g/mol. The third-order valence-corrected chi connectivity index (χ3v) is 7.62. The number of esters is 1. The topological polar surface area (TPSA) is 55.8 Å². The van der Waals surface area contributed by atoms with Gasteiger partial charge in [-0.25, -0.2) is 0 Å². The summed E-state index contributed by atoms with van der Waals surface area (Å²) in [4.78, 5) is 26.2. The van der Waals surface area contributed by atoms with E-state index >= 15 is 0 Å². The normalized spacial score (nSPS) is 13.2. The third kappa shape index (κ3) is 5.12. The van der Waals surface area contributed by atoms with E-state index < -0.39 is 0 Å². The third-order valence-electron chi connectivity index (χ3n) is 6.19. The van der Waals surface area contributed by atoms with Crippen LogP contribution in [0.1, 0.15) is 30.0 Å². The average Bonchev–Trinajstić information content (AvgIpc) is 2.89. The Kier molecular flexibility index (Phi) is 7.58. The smallest absolute Gasteiger partial charge is 0.305 e. The fourth-order valence-electron chi connectivity index (χ4n) is 4.26. The van der Waals surface area contributed by atoms with Crippen LogP contribution in [0.25, 0.3) is 0 Å². The van der Waals surface area contributed by atoms with Gasteiger partial charge in [-0.3, -0.25) is 9.59 Å². The van der Waals surface area contributed by atoms with Gasteiger partial charge in [-0.05, 0) is 36.1 Å². The van der Waals surface area contributed by atoms with Crippen LogP contribution in [0.5, 0.6) is 5.75 Å². The number of carbonyl (C=O) groups is 2. The lowest BCUT2D eigenvalue weighted by atomic mass is 9.92. The van der Waals surface area contributed by atoms with E-state index in [4.69, 9.17) is 9.47 Å². The van der Waals surface area contributed by atoms with Crippen LogP contribution < -0.4 is 9.64 Å². The van der Waals surface area contributed by atoms with Gasteiger partial charge in [0.2, 0.25) is 0 Å². The minimum absolute atomic E-state index is 0.00153. The summed E-state index contributed by atoms with van der Waals surface area (Å²) in [7, 11) is 1.38. The first kappa shape index (κ1) is 23.9. The van der Waals surface area contributed by atoms with Gasteiger partial charge in [0.1, 0.15) is 5.75 Å². The molecule has 5 nitrogen and oxygen atoms in total. The molecule has 4 rings (SSSR count). The highest BCUT2D eigenvalue weighted by Crippen LogP contribution is 2.43. The maximum absolute atomic E-state index is 12.8. The van der Waals surface area contributed by atoms with E-state index in [-0.39, 0.29) is 29.7 Å². The lowest BCUT2D eigenvalue weighted by molar-refractivity contribution is -0.140. The molecular formula is C28H29NO4S. The molecule has 0 aliphatic carbocycles. The highest BCUT2D eigenvalue weighted by atomic mass is 32.2. The number of hydrogen-bond acceptors (Lipinski definition) is 5. The Morgan fingerprint density at radius 3 is 2.26 bits per heavy atom. The number of ether oxygens (including phenoxy) is 2. The maximum Gasteiger partial charge on any atom is 0.305 e. The van der Waals surface area contributed by atoms with Crippen molar-refractivity contribution in [3.8, 4) is 5.75 Å². The summed E-state index contributed by atoms with van der Waals surface area (Å²) in [6.45, 7) is 2.81. The highest BCUT2D eigenvalue weighted by molar-refractivity contribution is 8.00. The molecule has 0 aromatic heterocycles. The number of methoxy groups -OCH3 is 1. The summed E-state index contributed by atoms with van der Waals surface area (Å²) in [5, 5.41) is 0. The number of carbonyl (C=O) groups excluding carboxylic acids is 2. The summed E-state index contributed by atoms with van der Waals surface area (Å²) >= 11 is 1.83. The molecule has 176 valence electrons. The predicted molar refractivity (Wildman–Crippen MR) is 136 cm³/mol.